The number of carboxylic acid groups (broad SMARTS) is 2. The summed E-state index contributed by atoms with van der Waals surface area (Å²) in [6.07, 6.45) is 3.48. The molecule has 6 heteroatoms. The van der Waals surface area contributed by atoms with Gasteiger partial charge in [0.15, 0.2) is 0 Å². The summed E-state index contributed by atoms with van der Waals surface area (Å²) in [5.41, 5.74) is 0. The molecule has 0 atom stereocenters. The van der Waals surface area contributed by atoms with Gasteiger partial charge >= 0.3 is 0 Å². The van der Waals surface area contributed by atoms with Gasteiger partial charge in [-0.3, -0.25) is 0 Å². The normalized spacial score (nSPS) is 9.00. The second-order valence-corrected chi connectivity index (χ2v) is 1.36. The minimum atomic E-state index is -1.37. The molecule has 0 heterocycles. The highest BCUT2D eigenvalue weighted by Crippen LogP contribution is 1.74. The van der Waals surface area contributed by atoms with E-state index in [1.165, 1.54) is 0 Å². The lowest BCUT2D eigenvalue weighted by Crippen LogP contribution is -2.19. The zero-order valence-corrected chi connectivity index (χ0v) is 6.94. The van der Waals surface area contributed by atoms with Crippen molar-refractivity contribution in [1.82, 2.24) is 12.3 Å². The predicted molar refractivity (Wildman–Crippen MR) is 40.3 cm³/mol. The first-order valence-corrected chi connectivity index (χ1v) is 2.39. The van der Waals surface area contributed by atoms with Gasteiger partial charge in [-0.25, -0.2) is 0 Å². The molecular weight excluding hydrogens is 164 g/mol. The quantitative estimate of drug-likeness (QED) is 0.390. The third-order valence-corrected chi connectivity index (χ3v) is 0.576. The Morgan fingerprint density at radius 2 is 1.08 bits per heavy atom. The monoisotopic (exact) mass is 176 g/mol. The number of quaternary nitrogens is 2. The summed E-state index contributed by atoms with van der Waals surface area (Å²) < 4.78 is 0. The average molecular weight is 176 g/mol. The Kier molecular flexibility index (Phi) is 13.0. The molecule has 0 aliphatic rings. The summed E-state index contributed by atoms with van der Waals surface area (Å²) in [4.78, 5) is 19.3. The Morgan fingerprint density at radius 3 is 1.25 bits per heavy atom. The van der Waals surface area contributed by atoms with Crippen molar-refractivity contribution in [2.75, 3.05) is 0 Å². The van der Waals surface area contributed by atoms with E-state index >= 15 is 0 Å². The first-order valence-electron chi connectivity index (χ1n) is 2.39. The summed E-state index contributed by atoms with van der Waals surface area (Å²) in [6.45, 7) is 0. The average Bonchev–Trinajstić information content (AvgIpc) is 1.79. The predicted octanol–water partition coefficient (Wildman–Crippen LogP) is -1.65. The standard InChI is InChI=1S/C6H6O4.2H3N/c7-5(8)3-1-2-4-6(9)10;;/h1-4H,(H,7,8)(H,9,10);2*1H3/b3-1-,4-2-;;. The fraction of sp³-hybridized carbons (Fsp3) is 0. The number of carbonyl (C=O) groups excluding carboxylic acids is 2. The lowest BCUT2D eigenvalue weighted by Gasteiger charge is -1.88. The fourth-order valence-electron chi connectivity index (χ4n) is 0.268. The zero-order chi connectivity index (χ0) is 7.98. The van der Waals surface area contributed by atoms with Gasteiger partial charge in [0.2, 0.25) is 0 Å². The minimum absolute atomic E-state index is 0. The number of aliphatic carboxylic acids is 2. The van der Waals surface area contributed by atoms with Gasteiger partial charge in [0.1, 0.15) is 0 Å². The van der Waals surface area contributed by atoms with Crippen LogP contribution < -0.4 is 22.5 Å². The fourth-order valence-corrected chi connectivity index (χ4v) is 0.268. The summed E-state index contributed by atoms with van der Waals surface area (Å²) in [5, 5.41) is 19.3. The van der Waals surface area contributed by atoms with Crippen molar-refractivity contribution in [3.8, 4) is 0 Å². The Hall–Kier alpha value is -1.66. The van der Waals surface area contributed by atoms with Crippen LogP contribution in [0.2, 0.25) is 0 Å². The van der Waals surface area contributed by atoms with Gasteiger partial charge in [0, 0.05) is 0 Å². The van der Waals surface area contributed by atoms with Crippen LogP contribution in [0.1, 0.15) is 0 Å². The zero-order valence-electron chi connectivity index (χ0n) is 6.94. The second kappa shape index (κ2) is 9.34. The van der Waals surface area contributed by atoms with Gasteiger partial charge in [-0.1, -0.05) is 12.2 Å². The van der Waals surface area contributed by atoms with Crippen LogP contribution in [0.3, 0.4) is 0 Å². The topological polar surface area (TPSA) is 153 Å². The molecule has 0 aliphatic heterocycles. The Balaban J connectivity index is -0.000000405. The van der Waals surface area contributed by atoms with Gasteiger partial charge in [0.05, 0.1) is 11.9 Å². The largest absolute Gasteiger partial charge is 0.545 e. The summed E-state index contributed by atoms with van der Waals surface area (Å²) in [6, 6.07) is 0. The SMILES string of the molecule is O=C([O-])/C=C\C=C/C(=O)[O-].[NH4+].[NH4+]. The molecule has 0 saturated carbocycles. The van der Waals surface area contributed by atoms with Crippen molar-refractivity contribution < 1.29 is 19.8 Å². The first-order chi connectivity index (χ1) is 4.63. The molecule has 0 spiro atoms. The summed E-state index contributed by atoms with van der Waals surface area (Å²) >= 11 is 0. The van der Waals surface area contributed by atoms with Crippen molar-refractivity contribution >= 4 is 11.9 Å². The number of hydrogen-bond acceptors (Lipinski definition) is 4. The maximum atomic E-state index is 9.65. The summed E-state index contributed by atoms with van der Waals surface area (Å²) in [5.74, 6) is -2.74. The van der Waals surface area contributed by atoms with E-state index in [1.54, 1.807) is 0 Å². The van der Waals surface area contributed by atoms with Crippen molar-refractivity contribution in [2.24, 2.45) is 0 Å². The molecule has 0 saturated heterocycles. The molecule has 0 amide bonds. The number of rotatable bonds is 3. The Bertz CT molecular complexity index is 176. The van der Waals surface area contributed by atoms with Gasteiger partial charge in [-0.05, 0) is 12.2 Å². The van der Waals surface area contributed by atoms with E-state index in [9.17, 15) is 19.8 Å². The van der Waals surface area contributed by atoms with E-state index < -0.39 is 11.9 Å². The van der Waals surface area contributed by atoms with Crippen LogP contribution in [0.4, 0.5) is 0 Å². The number of hydrogen-bond donors (Lipinski definition) is 2. The van der Waals surface area contributed by atoms with E-state index in [0.29, 0.717) is 12.2 Å². The van der Waals surface area contributed by atoms with Crippen LogP contribution in [0, 0.1) is 0 Å². The van der Waals surface area contributed by atoms with E-state index in [1.807, 2.05) is 0 Å². The Morgan fingerprint density at radius 1 is 0.833 bits per heavy atom. The number of allylic oxidation sites excluding steroid dienone is 2. The molecule has 12 heavy (non-hydrogen) atoms. The van der Waals surface area contributed by atoms with Gasteiger partial charge in [0.25, 0.3) is 0 Å². The van der Waals surface area contributed by atoms with E-state index in [2.05, 4.69) is 0 Å². The van der Waals surface area contributed by atoms with E-state index in [0.717, 1.165) is 12.2 Å². The molecule has 0 rings (SSSR count). The highest BCUT2D eigenvalue weighted by Gasteiger charge is 1.69. The second-order valence-electron chi connectivity index (χ2n) is 1.36. The van der Waals surface area contributed by atoms with Crippen molar-refractivity contribution in [2.45, 2.75) is 0 Å². The molecule has 0 aromatic carbocycles. The maximum absolute atomic E-state index is 9.65. The molecule has 0 aliphatic carbocycles. The highest BCUT2D eigenvalue weighted by atomic mass is 16.4. The maximum Gasteiger partial charge on any atom is 0.0642 e. The van der Waals surface area contributed by atoms with Crippen molar-refractivity contribution in [3.05, 3.63) is 24.3 Å². The molecule has 0 unspecified atom stereocenters. The molecule has 0 bridgehead atoms. The third kappa shape index (κ3) is 15.8. The molecule has 6 nitrogen and oxygen atoms in total. The van der Waals surface area contributed by atoms with Gasteiger partial charge in [-0.2, -0.15) is 0 Å². The molecular formula is C6H12N2O4. The van der Waals surface area contributed by atoms with Crippen molar-refractivity contribution in [1.29, 1.82) is 0 Å². The lowest BCUT2D eigenvalue weighted by atomic mass is 10.4. The third-order valence-electron chi connectivity index (χ3n) is 0.576. The lowest BCUT2D eigenvalue weighted by molar-refractivity contribution is -0.299. The minimum Gasteiger partial charge on any atom is -0.545 e. The van der Waals surface area contributed by atoms with Crippen LogP contribution in [0.15, 0.2) is 24.3 Å². The van der Waals surface area contributed by atoms with E-state index in [-0.39, 0.29) is 12.3 Å². The molecule has 8 N–H and O–H groups in total. The molecule has 0 aromatic rings. The van der Waals surface area contributed by atoms with Crippen molar-refractivity contribution in [3.63, 3.8) is 0 Å². The molecule has 0 radical (unpaired) electrons. The molecule has 0 aromatic heterocycles. The highest BCUT2D eigenvalue weighted by molar-refractivity contribution is 5.80. The van der Waals surface area contributed by atoms with Crippen LogP contribution in [-0.2, 0) is 9.59 Å². The van der Waals surface area contributed by atoms with Crippen LogP contribution >= 0.6 is 0 Å². The van der Waals surface area contributed by atoms with Gasteiger partial charge in [-0.15, -0.1) is 0 Å². The van der Waals surface area contributed by atoms with Crippen LogP contribution in [0.5, 0.6) is 0 Å². The number of carbonyl (C=O) groups is 2. The smallest absolute Gasteiger partial charge is 0.0642 e. The van der Waals surface area contributed by atoms with Crippen LogP contribution in [0.25, 0.3) is 0 Å². The van der Waals surface area contributed by atoms with Crippen LogP contribution in [-0.4, -0.2) is 11.9 Å². The number of carboxylic acids is 2. The Labute approximate surface area is 69.4 Å². The molecule has 0 fully saturated rings. The van der Waals surface area contributed by atoms with E-state index in [4.69, 9.17) is 0 Å². The molecule has 70 valence electrons. The first kappa shape index (κ1) is 16.7. The van der Waals surface area contributed by atoms with Gasteiger partial charge < -0.3 is 32.1 Å². The summed E-state index contributed by atoms with van der Waals surface area (Å²) in [7, 11) is 0.